The fourth-order valence-electron chi connectivity index (χ4n) is 2.15. The molecule has 2 aromatic rings. The lowest BCUT2D eigenvalue weighted by Crippen LogP contribution is -2.38. The Morgan fingerprint density at radius 3 is 2.65 bits per heavy atom. The summed E-state index contributed by atoms with van der Waals surface area (Å²) in [4.78, 5) is 4.35. The SMILES string of the molecule is CCCCNC(=NCc1cc(F)ccc1F)NCc1nnc(C)n1C.I. The highest BCUT2D eigenvalue weighted by atomic mass is 127. The molecule has 0 aliphatic carbocycles. The van der Waals surface area contributed by atoms with Crippen LogP contribution in [0.2, 0.25) is 0 Å². The quantitative estimate of drug-likeness (QED) is 0.278. The first-order valence-corrected chi connectivity index (χ1v) is 8.32. The van der Waals surface area contributed by atoms with Gasteiger partial charge in [0.25, 0.3) is 0 Å². The molecule has 0 amide bonds. The van der Waals surface area contributed by atoms with E-state index in [4.69, 9.17) is 0 Å². The summed E-state index contributed by atoms with van der Waals surface area (Å²) < 4.78 is 28.9. The molecule has 144 valence electrons. The molecule has 1 heterocycles. The molecule has 0 spiro atoms. The third kappa shape index (κ3) is 6.50. The molecule has 0 radical (unpaired) electrons. The minimum absolute atomic E-state index is 0. The topological polar surface area (TPSA) is 67.1 Å². The maximum Gasteiger partial charge on any atom is 0.191 e. The van der Waals surface area contributed by atoms with Gasteiger partial charge in [-0.15, -0.1) is 34.2 Å². The number of unbranched alkanes of at least 4 members (excludes halogenated alkanes) is 1. The van der Waals surface area contributed by atoms with Crippen LogP contribution in [0.1, 0.15) is 37.0 Å². The summed E-state index contributed by atoms with van der Waals surface area (Å²) in [5.74, 6) is 1.16. The number of hydrogen-bond donors (Lipinski definition) is 2. The molecule has 2 rings (SSSR count). The molecule has 0 saturated heterocycles. The predicted octanol–water partition coefficient (Wildman–Crippen LogP) is 3.06. The average Bonchev–Trinajstić information content (AvgIpc) is 2.91. The van der Waals surface area contributed by atoms with Gasteiger partial charge >= 0.3 is 0 Å². The van der Waals surface area contributed by atoms with Gasteiger partial charge in [-0.05, 0) is 31.5 Å². The molecular formula is C17H25F2IN6. The Kier molecular flexibility index (Phi) is 9.46. The number of nitrogens with one attached hydrogen (secondary N) is 2. The van der Waals surface area contributed by atoms with Crippen molar-refractivity contribution in [3.8, 4) is 0 Å². The summed E-state index contributed by atoms with van der Waals surface area (Å²) >= 11 is 0. The van der Waals surface area contributed by atoms with Crippen LogP contribution in [0.25, 0.3) is 0 Å². The number of aliphatic imine (C=N–C) groups is 1. The van der Waals surface area contributed by atoms with Crippen molar-refractivity contribution in [2.75, 3.05) is 6.54 Å². The van der Waals surface area contributed by atoms with E-state index < -0.39 is 11.6 Å². The van der Waals surface area contributed by atoms with Crippen molar-refractivity contribution in [2.24, 2.45) is 12.0 Å². The number of rotatable bonds is 7. The van der Waals surface area contributed by atoms with Gasteiger partial charge in [0.15, 0.2) is 11.8 Å². The van der Waals surface area contributed by atoms with E-state index >= 15 is 0 Å². The first-order valence-electron chi connectivity index (χ1n) is 8.32. The monoisotopic (exact) mass is 478 g/mol. The summed E-state index contributed by atoms with van der Waals surface area (Å²) in [6.45, 7) is 5.18. The molecule has 1 aromatic carbocycles. The smallest absolute Gasteiger partial charge is 0.191 e. The van der Waals surface area contributed by atoms with Gasteiger partial charge in [-0.2, -0.15) is 0 Å². The second kappa shape index (κ2) is 11.0. The van der Waals surface area contributed by atoms with Gasteiger partial charge in [0.05, 0.1) is 13.1 Å². The lowest BCUT2D eigenvalue weighted by Gasteiger charge is -2.12. The number of guanidine groups is 1. The van der Waals surface area contributed by atoms with Gasteiger partial charge in [0, 0.05) is 19.2 Å². The van der Waals surface area contributed by atoms with Gasteiger partial charge in [-0.25, -0.2) is 13.8 Å². The summed E-state index contributed by atoms with van der Waals surface area (Å²) in [5.41, 5.74) is 0.214. The van der Waals surface area contributed by atoms with Crippen LogP contribution in [0.5, 0.6) is 0 Å². The molecule has 0 saturated carbocycles. The highest BCUT2D eigenvalue weighted by Crippen LogP contribution is 2.10. The van der Waals surface area contributed by atoms with Crippen LogP contribution in [-0.4, -0.2) is 27.3 Å². The molecule has 0 bridgehead atoms. The number of aryl methyl sites for hydroxylation is 1. The molecule has 0 fully saturated rings. The van der Waals surface area contributed by atoms with E-state index in [0.29, 0.717) is 12.5 Å². The van der Waals surface area contributed by atoms with Crippen molar-refractivity contribution in [3.63, 3.8) is 0 Å². The van der Waals surface area contributed by atoms with Crippen molar-refractivity contribution in [1.82, 2.24) is 25.4 Å². The Hall–Kier alpha value is -1.78. The standard InChI is InChI=1S/C17H24F2N6.HI/c1-4-5-8-20-17(22-11-16-24-23-12(2)25(16)3)21-10-13-9-14(18)6-7-15(13)19;/h6-7,9H,4-5,8,10-11H2,1-3H3,(H2,20,21,22);1H. The minimum atomic E-state index is -0.477. The Morgan fingerprint density at radius 2 is 2.00 bits per heavy atom. The molecule has 1 aromatic heterocycles. The van der Waals surface area contributed by atoms with E-state index in [2.05, 4.69) is 32.7 Å². The van der Waals surface area contributed by atoms with Crippen LogP contribution in [-0.2, 0) is 20.1 Å². The third-order valence-electron chi connectivity index (χ3n) is 3.83. The molecule has 6 nitrogen and oxygen atoms in total. The zero-order valence-electron chi connectivity index (χ0n) is 15.2. The van der Waals surface area contributed by atoms with Crippen molar-refractivity contribution in [2.45, 2.75) is 39.8 Å². The average molecular weight is 478 g/mol. The highest BCUT2D eigenvalue weighted by molar-refractivity contribution is 14.0. The lowest BCUT2D eigenvalue weighted by molar-refractivity contribution is 0.585. The Labute approximate surface area is 169 Å². The Morgan fingerprint density at radius 1 is 1.23 bits per heavy atom. The molecule has 0 aliphatic heterocycles. The number of hydrogen-bond acceptors (Lipinski definition) is 3. The number of nitrogens with zero attached hydrogens (tertiary/aromatic N) is 4. The van der Waals surface area contributed by atoms with E-state index in [1.54, 1.807) is 0 Å². The van der Waals surface area contributed by atoms with Crippen LogP contribution < -0.4 is 10.6 Å². The van der Waals surface area contributed by atoms with E-state index in [1.807, 2.05) is 18.5 Å². The summed E-state index contributed by atoms with van der Waals surface area (Å²) in [6, 6.07) is 3.37. The van der Waals surface area contributed by atoms with Gasteiger partial charge in [-0.1, -0.05) is 13.3 Å². The summed E-state index contributed by atoms with van der Waals surface area (Å²) in [7, 11) is 1.88. The van der Waals surface area contributed by atoms with Gasteiger partial charge in [0.2, 0.25) is 0 Å². The molecule has 9 heteroatoms. The van der Waals surface area contributed by atoms with Gasteiger partial charge < -0.3 is 15.2 Å². The van der Waals surface area contributed by atoms with Crippen molar-refractivity contribution in [3.05, 3.63) is 47.0 Å². The Bertz CT molecular complexity index is 732. The van der Waals surface area contributed by atoms with Gasteiger partial charge in [0.1, 0.15) is 17.5 Å². The first-order chi connectivity index (χ1) is 12.0. The van der Waals surface area contributed by atoms with Gasteiger partial charge in [-0.3, -0.25) is 0 Å². The number of benzene rings is 1. The first kappa shape index (κ1) is 22.3. The van der Waals surface area contributed by atoms with E-state index in [9.17, 15) is 8.78 Å². The normalized spacial score (nSPS) is 11.2. The maximum absolute atomic E-state index is 13.7. The Balaban J connectivity index is 0.00000338. The zero-order valence-corrected chi connectivity index (χ0v) is 17.6. The molecule has 0 aliphatic rings. The minimum Gasteiger partial charge on any atom is -0.356 e. The van der Waals surface area contributed by atoms with E-state index in [-0.39, 0.29) is 36.1 Å². The third-order valence-corrected chi connectivity index (χ3v) is 3.83. The van der Waals surface area contributed by atoms with E-state index in [0.717, 1.165) is 49.2 Å². The number of halogens is 3. The number of aromatic nitrogens is 3. The second-order valence-electron chi connectivity index (χ2n) is 5.76. The lowest BCUT2D eigenvalue weighted by atomic mass is 10.2. The maximum atomic E-state index is 13.7. The predicted molar refractivity (Wildman–Crippen MR) is 108 cm³/mol. The summed E-state index contributed by atoms with van der Waals surface area (Å²) in [6.07, 6.45) is 2.03. The highest BCUT2D eigenvalue weighted by Gasteiger charge is 2.07. The van der Waals surface area contributed by atoms with Crippen molar-refractivity contribution >= 4 is 29.9 Å². The van der Waals surface area contributed by atoms with Crippen molar-refractivity contribution < 1.29 is 8.78 Å². The fourth-order valence-corrected chi connectivity index (χ4v) is 2.15. The summed E-state index contributed by atoms with van der Waals surface area (Å²) in [5, 5.41) is 14.4. The molecule has 0 atom stereocenters. The fraction of sp³-hybridized carbons (Fsp3) is 0.471. The van der Waals surface area contributed by atoms with Crippen LogP contribution in [0.3, 0.4) is 0 Å². The van der Waals surface area contributed by atoms with Crippen molar-refractivity contribution in [1.29, 1.82) is 0 Å². The molecule has 26 heavy (non-hydrogen) atoms. The van der Waals surface area contributed by atoms with E-state index in [1.165, 1.54) is 0 Å². The largest absolute Gasteiger partial charge is 0.356 e. The molecule has 2 N–H and O–H groups in total. The second-order valence-corrected chi connectivity index (χ2v) is 5.76. The molecule has 0 unspecified atom stereocenters. The van der Waals surface area contributed by atoms with Crippen LogP contribution >= 0.6 is 24.0 Å². The zero-order chi connectivity index (χ0) is 18.2. The van der Waals surface area contributed by atoms with Crippen LogP contribution in [0.4, 0.5) is 8.78 Å². The van der Waals surface area contributed by atoms with Crippen LogP contribution in [0.15, 0.2) is 23.2 Å². The van der Waals surface area contributed by atoms with Crippen LogP contribution in [0, 0.1) is 18.6 Å². The molecular weight excluding hydrogens is 453 g/mol.